The minimum Gasteiger partial charge on any atom is -0.396 e. The molecule has 2 unspecified atom stereocenters. The summed E-state index contributed by atoms with van der Waals surface area (Å²) in [6.07, 6.45) is 3.67. The highest BCUT2D eigenvalue weighted by Gasteiger charge is 2.26. The molecule has 1 fully saturated rings. The SMILES string of the molecule is NC(=S)c1ccc(C(O)CN2CCCC2CCCO)cc1. The fourth-order valence-electron chi connectivity index (χ4n) is 2.99. The van der Waals surface area contributed by atoms with Crippen molar-refractivity contribution in [2.75, 3.05) is 19.7 Å². The Morgan fingerprint density at radius 1 is 1.38 bits per heavy atom. The molecular weight excluding hydrogens is 284 g/mol. The smallest absolute Gasteiger partial charge is 0.103 e. The van der Waals surface area contributed by atoms with Crippen LogP contribution in [0, 0.1) is 0 Å². The third kappa shape index (κ3) is 4.48. The monoisotopic (exact) mass is 308 g/mol. The van der Waals surface area contributed by atoms with E-state index in [4.69, 9.17) is 23.1 Å². The fourth-order valence-corrected chi connectivity index (χ4v) is 3.12. The van der Waals surface area contributed by atoms with Gasteiger partial charge in [0.2, 0.25) is 0 Å². The Morgan fingerprint density at radius 2 is 2.10 bits per heavy atom. The molecule has 4 N–H and O–H groups in total. The highest BCUT2D eigenvalue weighted by atomic mass is 32.1. The van der Waals surface area contributed by atoms with Crippen LogP contribution in [-0.2, 0) is 0 Å². The average molecular weight is 308 g/mol. The number of aliphatic hydroxyl groups excluding tert-OH is 2. The topological polar surface area (TPSA) is 69.7 Å². The van der Waals surface area contributed by atoms with Gasteiger partial charge in [0.25, 0.3) is 0 Å². The standard InChI is InChI=1S/C16H24N2O2S/c17-16(21)13-7-5-12(6-8-13)15(20)11-18-9-1-3-14(18)4-2-10-19/h5-8,14-15,19-20H,1-4,9-11H2,(H2,17,21). The van der Waals surface area contributed by atoms with Crippen molar-refractivity contribution in [2.45, 2.75) is 37.8 Å². The summed E-state index contributed by atoms with van der Waals surface area (Å²) in [5, 5.41) is 19.4. The van der Waals surface area contributed by atoms with Gasteiger partial charge in [-0.15, -0.1) is 0 Å². The van der Waals surface area contributed by atoms with Gasteiger partial charge in [0.1, 0.15) is 4.99 Å². The summed E-state index contributed by atoms with van der Waals surface area (Å²) in [6, 6.07) is 7.97. The molecule has 1 aliphatic heterocycles. The molecule has 0 spiro atoms. The maximum absolute atomic E-state index is 10.4. The van der Waals surface area contributed by atoms with E-state index in [0.29, 0.717) is 17.6 Å². The molecule has 116 valence electrons. The summed E-state index contributed by atoms with van der Waals surface area (Å²) in [7, 11) is 0. The molecule has 0 amide bonds. The highest BCUT2D eigenvalue weighted by Crippen LogP contribution is 2.24. The van der Waals surface area contributed by atoms with Crippen LogP contribution in [-0.4, -0.2) is 45.8 Å². The van der Waals surface area contributed by atoms with E-state index in [1.54, 1.807) is 0 Å². The van der Waals surface area contributed by atoms with E-state index in [1.807, 2.05) is 24.3 Å². The van der Waals surface area contributed by atoms with Gasteiger partial charge in [0, 0.05) is 24.8 Å². The first-order valence-corrected chi connectivity index (χ1v) is 7.95. The van der Waals surface area contributed by atoms with E-state index in [-0.39, 0.29) is 6.61 Å². The Bertz CT molecular complexity index is 464. The Kier molecular flexibility index (Phi) is 6.11. The van der Waals surface area contributed by atoms with Crippen LogP contribution in [0.3, 0.4) is 0 Å². The van der Waals surface area contributed by atoms with E-state index in [1.165, 1.54) is 6.42 Å². The summed E-state index contributed by atoms with van der Waals surface area (Å²) < 4.78 is 0. The number of nitrogens with zero attached hydrogens (tertiary/aromatic N) is 1. The quantitative estimate of drug-likeness (QED) is 0.667. The van der Waals surface area contributed by atoms with Gasteiger partial charge in [-0.05, 0) is 37.8 Å². The number of β-amino-alcohol motifs (C(OH)–C–C–N with tert-alkyl or cyclic N) is 1. The van der Waals surface area contributed by atoms with Gasteiger partial charge in [-0.3, -0.25) is 4.90 Å². The summed E-state index contributed by atoms with van der Waals surface area (Å²) in [5.74, 6) is 0. The number of aliphatic hydroxyl groups is 2. The van der Waals surface area contributed by atoms with Crippen LogP contribution in [0.25, 0.3) is 0 Å². The first kappa shape index (κ1) is 16.4. The average Bonchev–Trinajstić information content (AvgIpc) is 2.92. The first-order valence-electron chi connectivity index (χ1n) is 7.54. The second kappa shape index (κ2) is 7.84. The maximum Gasteiger partial charge on any atom is 0.103 e. The molecule has 0 saturated carbocycles. The van der Waals surface area contributed by atoms with Gasteiger partial charge in [-0.25, -0.2) is 0 Å². The number of benzene rings is 1. The molecule has 1 saturated heterocycles. The van der Waals surface area contributed by atoms with Crippen molar-refractivity contribution in [3.05, 3.63) is 35.4 Å². The normalized spacial score (nSPS) is 20.6. The second-order valence-corrected chi connectivity index (χ2v) is 6.10. The Morgan fingerprint density at radius 3 is 2.71 bits per heavy atom. The van der Waals surface area contributed by atoms with Gasteiger partial charge in [0.05, 0.1) is 6.10 Å². The van der Waals surface area contributed by atoms with Crippen LogP contribution < -0.4 is 5.73 Å². The Labute approximate surface area is 131 Å². The lowest BCUT2D eigenvalue weighted by atomic mass is 10.1. The predicted octanol–water partition coefficient (Wildman–Crippen LogP) is 1.59. The van der Waals surface area contributed by atoms with Crippen LogP contribution in [0.1, 0.15) is 42.9 Å². The number of nitrogens with two attached hydrogens (primary N) is 1. The molecule has 4 nitrogen and oxygen atoms in total. The molecule has 0 radical (unpaired) electrons. The molecule has 0 aliphatic carbocycles. The number of thiocarbonyl (C=S) groups is 1. The van der Waals surface area contributed by atoms with Crippen LogP contribution in [0.4, 0.5) is 0 Å². The number of likely N-dealkylation sites (tertiary alicyclic amines) is 1. The third-order valence-electron chi connectivity index (χ3n) is 4.18. The molecule has 21 heavy (non-hydrogen) atoms. The molecular formula is C16H24N2O2S. The Balaban J connectivity index is 1.93. The zero-order chi connectivity index (χ0) is 15.2. The zero-order valence-corrected chi connectivity index (χ0v) is 13.1. The Hall–Kier alpha value is -1.01. The van der Waals surface area contributed by atoms with E-state index in [9.17, 15) is 5.11 Å². The van der Waals surface area contributed by atoms with Gasteiger partial charge < -0.3 is 15.9 Å². The maximum atomic E-state index is 10.4. The molecule has 2 atom stereocenters. The lowest BCUT2D eigenvalue weighted by molar-refractivity contribution is 0.101. The van der Waals surface area contributed by atoms with Crippen LogP contribution in [0.5, 0.6) is 0 Å². The van der Waals surface area contributed by atoms with Crippen LogP contribution in [0.2, 0.25) is 0 Å². The van der Waals surface area contributed by atoms with Crippen LogP contribution in [0.15, 0.2) is 24.3 Å². The van der Waals surface area contributed by atoms with Crippen molar-refractivity contribution in [3.63, 3.8) is 0 Å². The van der Waals surface area contributed by atoms with Crippen molar-refractivity contribution >= 4 is 17.2 Å². The van der Waals surface area contributed by atoms with E-state index in [0.717, 1.165) is 36.9 Å². The summed E-state index contributed by atoms with van der Waals surface area (Å²) in [5.41, 5.74) is 7.29. The van der Waals surface area contributed by atoms with Gasteiger partial charge >= 0.3 is 0 Å². The highest BCUT2D eigenvalue weighted by molar-refractivity contribution is 7.80. The summed E-state index contributed by atoms with van der Waals surface area (Å²) in [4.78, 5) is 2.71. The molecule has 2 rings (SSSR count). The van der Waals surface area contributed by atoms with E-state index < -0.39 is 6.10 Å². The third-order valence-corrected chi connectivity index (χ3v) is 4.42. The van der Waals surface area contributed by atoms with Crippen molar-refractivity contribution in [1.29, 1.82) is 0 Å². The van der Waals surface area contributed by atoms with Crippen LogP contribution >= 0.6 is 12.2 Å². The second-order valence-electron chi connectivity index (χ2n) is 5.66. The molecule has 5 heteroatoms. The fraction of sp³-hybridized carbons (Fsp3) is 0.562. The van der Waals surface area contributed by atoms with Gasteiger partial charge in [-0.1, -0.05) is 36.5 Å². The number of hydrogen-bond acceptors (Lipinski definition) is 4. The molecule has 1 heterocycles. The zero-order valence-electron chi connectivity index (χ0n) is 12.2. The molecule has 1 aliphatic rings. The van der Waals surface area contributed by atoms with Gasteiger partial charge in [-0.2, -0.15) is 0 Å². The number of rotatable bonds is 7. The van der Waals surface area contributed by atoms with Crippen molar-refractivity contribution < 1.29 is 10.2 Å². The summed E-state index contributed by atoms with van der Waals surface area (Å²) in [6.45, 7) is 1.91. The van der Waals surface area contributed by atoms with Gasteiger partial charge in [0.15, 0.2) is 0 Å². The molecule has 1 aromatic carbocycles. The predicted molar refractivity (Wildman–Crippen MR) is 88.2 cm³/mol. The molecule has 0 bridgehead atoms. The minimum absolute atomic E-state index is 0.243. The number of hydrogen-bond donors (Lipinski definition) is 3. The lowest BCUT2D eigenvalue weighted by Gasteiger charge is -2.27. The van der Waals surface area contributed by atoms with Crippen molar-refractivity contribution in [2.24, 2.45) is 5.73 Å². The van der Waals surface area contributed by atoms with Crippen molar-refractivity contribution in [1.82, 2.24) is 4.90 Å². The largest absolute Gasteiger partial charge is 0.396 e. The minimum atomic E-state index is -0.500. The summed E-state index contributed by atoms with van der Waals surface area (Å²) >= 11 is 4.93. The molecule has 0 aromatic heterocycles. The molecule has 1 aromatic rings. The van der Waals surface area contributed by atoms with Crippen molar-refractivity contribution in [3.8, 4) is 0 Å². The first-order chi connectivity index (χ1) is 10.1. The lowest BCUT2D eigenvalue weighted by Crippen LogP contribution is -2.33. The van der Waals surface area contributed by atoms with E-state index >= 15 is 0 Å². The van der Waals surface area contributed by atoms with E-state index in [2.05, 4.69) is 4.90 Å².